The van der Waals surface area contributed by atoms with Crippen LogP contribution < -0.4 is 24.4 Å². The van der Waals surface area contributed by atoms with Crippen LogP contribution in [0, 0.1) is 10.3 Å². The van der Waals surface area contributed by atoms with Crippen LogP contribution in [0.15, 0.2) is 107 Å². The molecule has 15 heteroatoms. The molecule has 6 aromatic rings. The number of nitrogens with zero attached hydrogens (tertiary/aromatic N) is 5. The molecule has 358 valence electrons. The normalized spacial score (nSPS) is 21.6. The smallest absolute Gasteiger partial charge is 0.282 e. The Balaban J connectivity index is 0.855. The number of aromatic amines is 1. The zero-order valence-electron chi connectivity index (χ0n) is 39.3. The Kier molecular flexibility index (Phi) is 12.1. The molecule has 3 aromatic heterocycles. The molecule has 2 unspecified atom stereocenters. The van der Waals surface area contributed by atoms with Gasteiger partial charge in [0.2, 0.25) is 11.8 Å². The molecular weight excluding hydrogens is 889 g/mol. The molecule has 0 radical (unpaired) electrons. The number of likely N-dealkylation sites (tertiary alicyclic amines) is 1. The van der Waals surface area contributed by atoms with Crippen molar-refractivity contribution in [2.24, 2.45) is 10.6 Å². The highest BCUT2D eigenvalue weighted by Gasteiger charge is 2.50. The van der Waals surface area contributed by atoms with E-state index in [2.05, 4.69) is 85.2 Å². The Hall–Kier alpha value is -6.32. The molecule has 0 bridgehead atoms. The minimum absolute atomic E-state index is 0.0719. The topological polar surface area (TPSA) is 171 Å². The van der Waals surface area contributed by atoms with Gasteiger partial charge >= 0.3 is 0 Å². The quantitative estimate of drug-likeness (QED) is 0.106. The van der Waals surface area contributed by atoms with Crippen LogP contribution in [0.25, 0.3) is 11.0 Å². The van der Waals surface area contributed by atoms with Gasteiger partial charge in [0, 0.05) is 65.6 Å². The summed E-state index contributed by atoms with van der Waals surface area (Å²) in [5.41, 5.74) is 7.86. The zero-order chi connectivity index (χ0) is 47.3. The second kappa shape index (κ2) is 18.5. The molecule has 5 aliphatic rings. The summed E-state index contributed by atoms with van der Waals surface area (Å²) in [7, 11) is -4.63. The van der Waals surface area contributed by atoms with Gasteiger partial charge in [-0.05, 0) is 140 Å². The van der Waals surface area contributed by atoms with Crippen LogP contribution in [0.5, 0.6) is 11.8 Å². The monoisotopic (exact) mass is 948 g/mol. The third kappa shape index (κ3) is 8.84. The Labute approximate surface area is 403 Å². The van der Waals surface area contributed by atoms with Gasteiger partial charge in [0.25, 0.3) is 15.9 Å². The first kappa shape index (κ1) is 45.1. The minimum Gasteiger partial charge on any atom is -0.477 e. The van der Waals surface area contributed by atoms with Gasteiger partial charge in [-0.2, -0.15) is 18.4 Å². The summed E-state index contributed by atoms with van der Waals surface area (Å²) < 4.78 is 42.9. The number of hydrogen-bond donors (Lipinski definition) is 3. The number of nitroso groups, excluding NO2 is 1. The second-order valence-electron chi connectivity index (χ2n) is 20.2. The summed E-state index contributed by atoms with van der Waals surface area (Å²) in [4.78, 5) is 44.4. The molecule has 7 heterocycles. The highest BCUT2D eigenvalue weighted by molar-refractivity contribution is 7.90. The highest BCUT2D eigenvalue weighted by atomic mass is 32.2. The third-order valence-electron chi connectivity index (χ3n) is 15.6. The highest BCUT2D eigenvalue weighted by Crippen LogP contribution is 2.54. The molecule has 1 saturated carbocycles. The van der Waals surface area contributed by atoms with Crippen LogP contribution in [0.1, 0.15) is 128 Å². The minimum atomic E-state index is -4.63. The summed E-state index contributed by atoms with van der Waals surface area (Å²) in [5, 5.41) is 6.78. The average molecular weight is 949 g/mol. The molecule has 2 saturated heterocycles. The fourth-order valence-electron chi connectivity index (χ4n) is 12.0. The van der Waals surface area contributed by atoms with Gasteiger partial charge in [-0.25, -0.2) is 4.72 Å². The van der Waals surface area contributed by atoms with E-state index in [0.717, 1.165) is 73.6 Å². The van der Waals surface area contributed by atoms with Crippen molar-refractivity contribution in [2.45, 2.75) is 113 Å². The molecule has 1 spiro atoms. The standard InChI is InChI=1S/C54H60N8O6S/c1-34(2)40-13-6-7-15-42(40)47-16-10-23-62(47)39-31-54(32-39)20-24-61(25-21-54)38-17-18-43(44(29-38)41-14-8-9-26-67-52-45(41)28-36-19-22-55-50(36)58-52)51(63)60-69(65,66)48-30-46(59-64)49-53(57-48)68-33-37(56-49)27-35-11-4-3-5-12-35/h3-7,11-13,15,17-19,22,28-30,34,37,39,41,47,56H,8-10,14,16,20-21,23-27,31-33H2,1-2H3,(H,55,58)(H,60,63)/t37-,41?,47?/m0/s1. The molecule has 3 aromatic carbocycles. The number of nitrogens with one attached hydrogen (secondary N) is 3. The number of aromatic nitrogens is 3. The first-order valence-corrected chi connectivity index (χ1v) is 26.3. The van der Waals surface area contributed by atoms with E-state index in [-0.39, 0.29) is 41.4 Å². The lowest BCUT2D eigenvalue weighted by Gasteiger charge is -2.56. The van der Waals surface area contributed by atoms with Gasteiger partial charge < -0.3 is 24.7 Å². The summed E-state index contributed by atoms with van der Waals surface area (Å²) in [6, 6.07) is 30.7. The Bertz CT molecular complexity index is 3000. The van der Waals surface area contributed by atoms with Crippen molar-refractivity contribution in [1.29, 1.82) is 0 Å². The van der Waals surface area contributed by atoms with Crippen molar-refractivity contribution in [3.05, 3.63) is 135 Å². The van der Waals surface area contributed by atoms with Crippen LogP contribution in [0.3, 0.4) is 0 Å². The molecule has 1 aliphatic carbocycles. The van der Waals surface area contributed by atoms with Gasteiger partial charge in [0.1, 0.15) is 23.6 Å². The Morgan fingerprint density at radius 2 is 1.68 bits per heavy atom. The molecule has 1 amide bonds. The lowest BCUT2D eigenvalue weighted by Crippen LogP contribution is -2.55. The molecule has 3 atom stereocenters. The van der Waals surface area contributed by atoms with Crippen LogP contribution in [0.4, 0.5) is 17.1 Å². The van der Waals surface area contributed by atoms with Crippen molar-refractivity contribution in [3.8, 4) is 11.8 Å². The number of rotatable bonds is 11. The molecular formula is C54H60N8O6S. The lowest BCUT2D eigenvalue weighted by atomic mass is 9.59. The van der Waals surface area contributed by atoms with Gasteiger partial charge in [-0.15, -0.1) is 4.91 Å². The number of pyridine rings is 2. The number of carbonyl (C=O) groups excluding carboxylic acids is 1. The van der Waals surface area contributed by atoms with E-state index in [1.807, 2.05) is 48.7 Å². The number of ether oxygens (including phenoxy) is 2. The fraction of sp³-hybridized carbons (Fsp3) is 0.426. The van der Waals surface area contributed by atoms with E-state index in [0.29, 0.717) is 60.0 Å². The molecule has 11 rings (SSSR count). The van der Waals surface area contributed by atoms with Crippen LogP contribution in [-0.4, -0.2) is 79.1 Å². The summed E-state index contributed by atoms with van der Waals surface area (Å²) in [6.45, 7) is 8.25. The van der Waals surface area contributed by atoms with Crippen LogP contribution >= 0.6 is 0 Å². The SMILES string of the molecule is CC(C)c1ccccc1C1CCCN1C1CC2(CCN(c3ccc(C(=O)NS(=O)(=O)c4cc(N=O)c5c(n4)OC[C@H](Cc4ccccc4)N5)c(C4CCCCOc5nc6[nH]ccc6cc54)c3)CC2)C1. The summed E-state index contributed by atoms with van der Waals surface area (Å²) >= 11 is 0. The van der Waals surface area contributed by atoms with E-state index < -0.39 is 21.0 Å². The number of piperidine rings is 1. The summed E-state index contributed by atoms with van der Waals surface area (Å²) in [5.74, 6) is -0.214. The van der Waals surface area contributed by atoms with Crippen molar-refractivity contribution in [3.63, 3.8) is 0 Å². The number of benzene rings is 3. The van der Waals surface area contributed by atoms with Gasteiger partial charge in [-0.1, -0.05) is 68.4 Å². The van der Waals surface area contributed by atoms with Crippen molar-refractivity contribution in [2.75, 3.05) is 43.1 Å². The number of sulfonamides is 1. The number of anilines is 2. The predicted molar refractivity (Wildman–Crippen MR) is 267 cm³/mol. The van der Waals surface area contributed by atoms with Crippen molar-refractivity contribution < 1.29 is 22.7 Å². The average Bonchev–Trinajstić information content (AvgIpc) is 4.03. The molecule has 4 aliphatic heterocycles. The van der Waals surface area contributed by atoms with E-state index in [9.17, 15) is 18.1 Å². The number of amides is 1. The molecule has 14 nitrogen and oxygen atoms in total. The Morgan fingerprint density at radius 1 is 0.870 bits per heavy atom. The lowest BCUT2D eigenvalue weighted by molar-refractivity contribution is -0.0227. The maximum absolute atomic E-state index is 14.6. The maximum Gasteiger partial charge on any atom is 0.282 e. The predicted octanol–water partition coefficient (Wildman–Crippen LogP) is 10.3. The maximum atomic E-state index is 14.6. The third-order valence-corrected chi connectivity index (χ3v) is 16.8. The second-order valence-corrected chi connectivity index (χ2v) is 21.9. The number of fused-ring (bicyclic) bond motifs is 3. The van der Waals surface area contributed by atoms with Crippen LogP contribution in [0.2, 0.25) is 0 Å². The first-order valence-electron chi connectivity index (χ1n) is 24.8. The first-order chi connectivity index (χ1) is 33.5. The van der Waals surface area contributed by atoms with E-state index in [1.165, 1.54) is 36.8 Å². The largest absolute Gasteiger partial charge is 0.477 e. The zero-order valence-corrected chi connectivity index (χ0v) is 40.1. The number of hydrogen-bond acceptors (Lipinski definition) is 12. The van der Waals surface area contributed by atoms with E-state index in [1.54, 1.807) is 6.07 Å². The van der Waals surface area contributed by atoms with Gasteiger partial charge in [-0.3, -0.25) is 9.69 Å². The fourth-order valence-corrected chi connectivity index (χ4v) is 12.9. The Morgan fingerprint density at radius 3 is 2.49 bits per heavy atom. The van der Waals surface area contributed by atoms with Gasteiger partial charge in [0.05, 0.1) is 12.6 Å². The van der Waals surface area contributed by atoms with Crippen LogP contribution in [-0.2, 0) is 16.4 Å². The number of H-pyrrole nitrogens is 1. The molecule has 3 fully saturated rings. The van der Waals surface area contributed by atoms with Gasteiger partial charge in [0.15, 0.2) is 5.03 Å². The van der Waals surface area contributed by atoms with Crippen molar-refractivity contribution in [1.82, 2.24) is 24.6 Å². The number of carbonyl (C=O) groups is 1. The summed E-state index contributed by atoms with van der Waals surface area (Å²) in [6.07, 6.45) is 11.9. The van der Waals surface area contributed by atoms with E-state index in [4.69, 9.17) is 14.5 Å². The molecule has 69 heavy (non-hydrogen) atoms. The van der Waals surface area contributed by atoms with Crippen molar-refractivity contribution >= 4 is 44.0 Å². The van der Waals surface area contributed by atoms with E-state index >= 15 is 0 Å². The molecule has 3 N–H and O–H groups in total.